The Kier molecular flexibility index (Phi) is 3.84. The number of hydrogen-bond acceptors (Lipinski definition) is 3. The average molecular weight is 290 g/mol. The quantitative estimate of drug-likeness (QED) is 0.911. The van der Waals surface area contributed by atoms with Gasteiger partial charge < -0.3 is 10.1 Å². The van der Waals surface area contributed by atoms with E-state index in [2.05, 4.69) is 10.3 Å². The number of nitrogens with zero attached hydrogens (tertiary/aromatic N) is 1. The minimum absolute atomic E-state index is 0.144. The fraction of sp³-hybridized carbons (Fsp3) is 0.312. The summed E-state index contributed by atoms with van der Waals surface area (Å²) in [6, 6.07) is 5.48. The second-order valence-corrected chi connectivity index (χ2v) is 5.30. The molecule has 5 heteroatoms. The molecule has 1 aromatic heterocycles. The summed E-state index contributed by atoms with van der Waals surface area (Å²) in [5.74, 6) is -0.603. The van der Waals surface area contributed by atoms with Crippen molar-refractivity contribution in [2.24, 2.45) is 0 Å². The van der Waals surface area contributed by atoms with Gasteiger partial charge in [-0.2, -0.15) is 0 Å². The van der Waals surface area contributed by atoms with Gasteiger partial charge >= 0.3 is 0 Å². The van der Waals surface area contributed by atoms with Gasteiger partial charge in [0.15, 0.2) is 0 Å². The van der Waals surface area contributed by atoms with Gasteiger partial charge in [-0.1, -0.05) is 0 Å². The van der Waals surface area contributed by atoms with E-state index in [-0.39, 0.29) is 5.75 Å². The molecular weight excluding hydrogens is 274 g/mol. The van der Waals surface area contributed by atoms with Crippen molar-refractivity contribution in [2.75, 3.05) is 0 Å². The number of rotatable bonds is 5. The lowest BCUT2D eigenvalue weighted by Crippen LogP contribution is -2.16. The van der Waals surface area contributed by atoms with E-state index in [1.807, 2.05) is 6.92 Å². The van der Waals surface area contributed by atoms with E-state index < -0.39 is 11.6 Å². The molecule has 0 amide bonds. The molecule has 1 saturated carbocycles. The minimum Gasteiger partial charge on any atom is -0.457 e. The van der Waals surface area contributed by atoms with Crippen LogP contribution in [-0.2, 0) is 6.54 Å². The Bertz CT molecular complexity index is 636. The van der Waals surface area contributed by atoms with Crippen molar-refractivity contribution in [3.05, 3.63) is 53.4 Å². The second kappa shape index (κ2) is 5.77. The molecule has 0 unspecified atom stereocenters. The molecule has 3 rings (SSSR count). The molecule has 2 aromatic rings. The van der Waals surface area contributed by atoms with E-state index in [0.717, 1.165) is 29.5 Å². The molecule has 1 N–H and O–H groups in total. The first-order valence-electron chi connectivity index (χ1n) is 6.93. The van der Waals surface area contributed by atoms with E-state index in [1.54, 1.807) is 12.3 Å². The maximum absolute atomic E-state index is 13.2. The monoisotopic (exact) mass is 290 g/mol. The molecule has 0 aliphatic heterocycles. The van der Waals surface area contributed by atoms with Crippen molar-refractivity contribution in [1.29, 1.82) is 0 Å². The lowest BCUT2D eigenvalue weighted by atomic mass is 10.2. The minimum atomic E-state index is -0.659. The van der Waals surface area contributed by atoms with Gasteiger partial charge in [0.2, 0.25) is 0 Å². The van der Waals surface area contributed by atoms with Crippen LogP contribution in [0, 0.1) is 18.6 Å². The molecule has 0 spiro atoms. The van der Waals surface area contributed by atoms with Crippen molar-refractivity contribution in [1.82, 2.24) is 10.3 Å². The normalized spacial score (nSPS) is 14.2. The van der Waals surface area contributed by atoms with Gasteiger partial charge in [-0.25, -0.2) is 8.78 Å². The number of hydrogen-bond donors (Lipinski definition) is 1. The highest BCUT2D eigenvalue weighted by Crippen LogP contribution is 2.28. The zero-order valence-corrected chi connectivity index (χ0v) is 11.7. The number of nitrogens with one attached hydrogen (secondary N) is 1. The number of ether oxygens (including phenoxy) is 1. The number of aryl methyl sites for hydroxylation is 1. The third kappa shape index (κ3) is 3.76. The SMILES string of the molecule is Cc1cc(Oc2cc(F)cc(F)c2)c(CNC2CC2)cn1. The van der Waals surface area contributed by atoms with Gasteiger partial charge in [-0.15, -0.1) is 0 Å². The lowest BCUT2D eigenvalue weighted by molar-refractivity contribution is 0.458. The van der Waals surface area contributed by atoms with Crippen molar-refractivity contribution < 1.29 is 13.5 Å². The van der Waals surface area contributed by atoms with Gasteiger partial charge in [-0.05, 0) is 19.8 Å². The van der Waals surface area contributed by atoms with E-state index >= 15 is 0 Å². The first kappa shape index (κ1) is 13.9. The highest BCUT2D eigenvalue weighted by atomic mass is 19.1. The molecule has 0 atom stereocenters. The standard InChI is InChI=1S/C16H16F2N2O/c1-10-4-16(11(8-19-10)9-20-14-2-3-14)21-15-6-12(17)5-13(18)7-15/h4-8,14,20H,2-3,9H2,1H3. The zero-order valence-electron chi connectivity index (χ0n) is 11.7. The van der Waals surface area contributed by atoms with Crippen molar-refractivity contribution in [3.8, 4) is 11.5 Å². The maximum Gasteiger partial charge on any atom is 0.135 e. The number of pyridine rings is 1. The molecule has 1 aromatic carbocycles. The van der Waals surface area contributed by atoms with Gasteiger partial charge in [0.25, 0.3) is 0 Å². The number of benzene rings is 1. The van der Waals surface area contributed by atoms with Crippen LogP contribution in [0.4, 0.5) is 8.78 Å². The summed E-state index contributed by atoms with van der Waals surface area (Å²) in [4.78, 5) is 4.25. The van der Waals surface area contributed by atoms with Crippen LogP contribution < -0.4 is 10.1 Å². The van der Waals surface area contributed by atoms with Crippen molar-refractivity contribution >= 4 is 0 Å². The van der Waals surface area contributed by atoms with Crippen LogP contribution in [0.15, 0.2) is 30.5 Å². The summed E-state index contributed by atoms with van der Waals surface area (Å²) in [6.07, 6.45) is 4.10. The van der Waals surface area contributed by atoms with Gasteiger partial charge in [0.1, 0.15) is 23.1 Å². The maximum atomic E-state index is 13.2. The molecule has 1 heterocycles. The summed E-state index contributed by atoms with van der Waals surface area (Å²) in [5, 5.41) is 3.37. The Morgan fingerprint density at radius 2 is 1.90 bits per heavy atom. The summed E-state index contributed by atoms with van der Waals surface area (Å²) in [7, 11) is 0. The predicted octanol–water partition coefficient (Wildman–Crippen LogP) is 3.71. The first-order valence-corrected chi connectivity index (χ1v) is 6.93. The largest absolute Gasteiger partial charge is 0.457 e. The topological polar surface area (TPSA) is 34.1 Å². The Labute approximate surface area is 122 Å². The molecule has 110 valence electrons. The summed E-state index contributed by atoms with van der Waals surface area (Å²) in [6.45, 7) is 2.47. The Morgan fingerprint density at radius 1 is 1.19 bits per heavy atom. The van der Waals surface area contributed by atoms with Crippen LogP contribution >= 0.6 is 0 Å². The third-order valence-corrected chi connectivity index (χ3v) is 3.30. The van der Waals surface area contributed by atoms with E-state index in [1.165, 1.54) is 12.8 Å². The molecule has 0 radical (unpaired) electrons. The van der Waals surface area contributed by atoms with Crippen LogP contribution in [-0.4, -0.2) is 11.0 Å². The van der Waals surface area contributed by atoms with E-state index in [9.17, 15) is 8.78 Å². The first-order chi connectivity index (χ1) is 10.1. The summed E-state index contributed by atoms with van der Waals surface area (Å²) >= 11 is 0. The highest BCUT2D eigenvalue weighted by molar-refractivity contribution is 5.38. The smallest absolute Gasteiger partial charge is 0.135 e. The Hall–Kier alpha value is -2.01. The Morgan fingerprint density at radius 3 is 2.57 bits per heavy atom. The molecule has 21 heavy (non-hydrogen) atoms. The van der Waals surface area contributed by atoms with Crippen LogP contribution in [0.5, 0.6) is 11.5 Å². The summed E-state index contributed by atoms with van der Waals surface area (Å²) < 4.78 is 32.1. The third-order valence-electron chi connectivity index (χ3n) is 3.30. The fourth-order valence-corrected chi connectivity index (χ4v) is 2.05. The fourth-order valence-electron chi connectivity index (χ4n) is 2.05. The second-order valence-electron chi connectivity index (χ2n) is 5.30. The highest BCUT2D eigenvalue weighted by Gasteiger charge is 2.21. The molecule has 1 aliphatic carbocycles. The van der Waals surface area contributed by atoms with Crippen molar-refractivity contribution in [2.45, 2.75) is 32.4 Å². The number of halogens is 2. The van der Waals surface area contributed by atoms with Crippen LogP contribution in [0.3, 0.4) is 0 Å². The number of aromatic nitrogens is 1. The van der Waals surface area contributed by atoms with Gasteiger partial charge in [-0.3, -0.25) is 4.98 Å². The van der Waals surface area contributed by atoms with Crippen LogP contribution in [0.25, 0.3) is 0 Å². The van der Waals surface area contributed by atoms with Crippen molar-refractivity contribution in [3.63, 3.8) is 0 Å². The molecule has 1 fully saturated rings. The molecule has 3 nitrogen and oxygen atoms in total. The lowest BCUT2D eigenvalue weighted by Gasteiger charge is -2.12. The van der Waals surface area contributed by atoms with E-state index in [4.69, 9.17) is 4.74 Å². The van der Waals surface area contributed by atoms with Gasteiger partial charge in [0, 0.05) is 54.3 Å². The zero-order chi connectivity index (χ0) is 14.8. The Balaban J connectivity index is 1.83. The summed E-state index contributed by atoms with van der Waals surface area (Å²) in [5.41, 5.74) is 1.66. The predicted molar refractivity (Wildman–Crippen MR) is 75.3 cm³/mol. The average Bonchev–Trinajstić information content (AvgIpc) is 3.20. The van der Waals surface area contributed by atoms with E-state index in [0.29, 0.717) is 18.3 Å². The molecule has 0 bridgehead atoms. The van der Waals surface area contributed by atoms with Gasteiger partial charge in [0.05, 0.1) is 0 Å². The molecule has 0 saturated heterocycles. The molecule has 1 aliphatic rings. The van der Waals surface area contributed by atoms with Crippen LogP contribution in [0.1, 0.15) is 24.1 Å². The molecular formula is C16H16F2N2O. The van der Waals surface area contributed by atoms with Crippen LogP contribution in [0.2, 0.25) is 0 Å².